The van der Waals surface area contributed by atoms with Gasteiger partial charge in [-0.15, -0.1) is 0 Å². The molecule has 0 aromatic carbocycles. The van der Waals surface area contributed by atoms with Crippen LogP contribution in [0.4, 0.5) is 13.2 Å². The first-order chi connectivity index (χ1) is 9.63. The highest BCUT2D eigenvalue weighted by molar-refractivity contribution is 7.98. The third-order valence-corrected chi connectivity index (χ3v) is 6.18. The Bertz CT molecular complexity index is 426. The zero-order chi connectivity index (χ0) is 18.2. The summed E-state index contributed by atoms with van der Waals surface area (Å²) in [5.41, 5.74) is -5.65. The van der Waals surface area contributed by atoms with Gasteiger partial charge in [0.15, 0.2) is 21.7 Å². The minimum absolute atomic E-state index is 0.228. The molecular formula is C13H25F3O4S2. The first kappa shape index (κ1) is 24.0. The fourth-order valence-corrected chi connectivity index (χ4v) is 2.16. The van der Waals surface area contributed by atoms with Gasteiger partial charge in [-0.3, -0.25) is 4.79 Å². The van der Waals surface area contributed by atoms with Crippen LogP contribution in [-0.2, 0) is 25.8 Å². The van der Waals surface area contributed by atoms with E-state index in [1.807, 2.05) is 0 Å². The van der Waals surface area contributed by atoms with Gasteiger partial charge in [-0.2, -0.15) is 13.2 Å². The molecule has 0 aromatic rings. The molecule has 0 rings (SSSR count). The van der Waals surface area contributed by atoms with Crippen molar-refractivity contribution < 1.29 is 30.9 Å². The zero-order valence-corrected chi connectivity index (χ0v) is 15.3. The molecule has 9 heteroatoms. The van der Waals surface area contributed by atoms with Crippen molar-refractivity contribution in [3.05, 3.63) is 0 Å². The molecule has 1 unspecified atom stereocenters. The number of hydrogen-bond donors (Lipinski definition) is 0. The summed E-state index contributed by atoms with van der Waals surface area (Å²) >= 11 is 0. The lowest BCUT2D eigenvalue weighted by molar-refractivity contribution is -0.116. The lowest BCUT2D eigenvalue weighted by atomic mass is 10.2. The third kappa shape index (κ3) is 12.3. The van der Waals surface area contributed by atoms with E-state index >= 15 is 0 Å². The molecule has 0 heterocycles. The summed E-state index contributed by atoms with van der Waals surface area (Å²) in [4.78, 5) is 11.6. The second kappa shape index (κ2) is 9.77. The molecule has 0 N–H and O–H groups in total. The van der Waals surface area contributed by atoms with E-state index in [1.165, 1.54) is 12.8 Å². The number of hydrogen-bond acceptors (Lipinski definition) is 4. The zero-order valence-electron chi connectivity index (χ0n) is 13.6. The molecule has 0 bridgehead atoms. The number of rotatable bonds is 6. The minimum atomic E-state index is -6.09. The van der Waals surface area contributed by atoms with Gasteiger partial charge in [-0.25, -0.2) is 8.42 Å². The Kier molecular flexibility index (Phi) is 10.6. The average Bonchev–Trinajstić information content (AvgIpc) is 2.26. The second-order valence-electron chi connectivity index (χ2n) is 5.79. The van der Waals surface area contributed by atoms with E-state index in [2.05, 4.69) is 34.0 Å². The van der Waals surface area contributed by atoms with Crippen LogP contribution in [0.1, 0.15) is 53.4 Å². The van der Waals surface area contributed by atoms with Crippen molar-refractivity contribution in [2.24, 2.45) is 0 Å². The highest BCUT2D eigenvalue weighted by atomic mass is 32.2. The fraction of sp³-hybridized carbons (Fsp3) is 0.923. The quantitative estimate of drug-likeness (QED) is 0.313. The highest BCUT2D eigenvalue weighted by Gasteiger charge is 2.37. The SMILES string of the molecule is CCCCCC(=O)C[S+](C)C(C)(C)C.O=S(=O)([O-])C(F)(F)F. The smallest absolute Gasteiger partial charge is 0.485 e. The van der Waals surface area contributed by atoms with Gasteiger partial charge in [0.25, 0.3) is 0 Å². The monoisotopic (exact) mass is 366 g/mol. The van der Waals surface area contributed by atoms with Crippen molar-refractivity contribution in [1.29, 1.82) is 0 Å². The molecule has 0 radical (unpaired) electrons. The molecule has 0 aliphatic carbocycles. The van der Waals surface area contributed by atoms with Gasteiger partial charge in [-0.05, 0) is 38.1 Å². The molecule has 0 aliphatic heterocycles. The van der Waals surface area contributed by atoms with Crippen molar-refractivity contribution >= 4 is 26.8 Å². The van der Waals surface area contributed by atoms with E-state index in [0.717, 1.165) is 18.6 Å². The van der Waals surface area contributed by atoms with Crippen LogP contribution < -0.4 is 0 Å². The first-order valence-corrected chi connectivity index (χ1v) is 10.0. The lowest BCUT2D eigenvalue weighted by Crippen LogP contribution is -2.32. The van der Waals surface area contributed by atoms with Gasteiger partial charge in [0.05, 0.1) is 6.26 Å². The van der Waals surface area contributed by atoms with Crippen molar-refractivity contribution in [3.63, 3.8) is 0 Å². The van der Waals surface area contributed by atoms with E-state index in [4.69, 9.17) is 13.0 Å². The number of carbonyl (C=O) groups excluding carboxylic acids is 1. The van der Waals surface area contributed by atoms with Gasteiger partial charge < -0.3 is 4.55 Å². The number of unbranched alkanes of at least 4 members (excludes halogenated alkanes) is 2. The normalized spacial score (nSPS) is 14.0. The van der Waals surface area contributed by atoms with Gasteiger partial charge in [-0.1, -0.05) is 19.8 Å². The highest BCUT2D eigenvalue weighted by Crippen LogP contribution is 2.20. The molecule has 0 aromatic heterocycles. The molecule has 0 saturated heterocycles. The van der Waals surface area contributed by atoms with E-state index < -0.39 is 15.6 Å². The predicted molar refractivity (Wildman–Crippen MR) is 82.8 cm³/mol. The van der Waals surface area contributed by atoms with Crippen molar-refractivity contribution in [2.45, 2.75) is 63.6 Å². The molecular weight excluding hydrogens is 341 g/mol. The van der Waals surface area contributed by atoms with E-state index in [0.29, 0.717) is 10.5 Å². The number of Topliss-reactive ketones (excluding diaryl/α,β-unsaturated/α-hetero) is 1. The summed E-state index contributed by atoms with van der Waals surface area (Å²) in [5.74, 6) is 1.24. The lowest BCUT2D eigenvalue weighted by Gasteiger charge is -2.17. The molecule has 1 atom stereocenters. The topological polar surface area (TPSA) is 74.3 Å². The maximum absolute atomic E-state index is 11.6. The van der Waals surface area contributed by atoms with Crippen LogP contribution in [0.15, 0.2) is 0 Å². The van der Waals surface area contributed by atoms with Crippen LogP contribution in [-0.4, -0.2) is 41.0 Å². The van der Waals surface area contributed by atoms with E-state index in [9.17, 15) is 18.0 Å². The van der Waals surface area contributed by atoms with E-state index in [1.54, 1.807) is 0 Å². The predicted octanol–water partition coefficient (Wildman–Crippen LogP) is 3.23. The van der Waals surface area contributed by atoms with Crippen LogP contribution >= 0.6 is 0 Å². The molecule has 0 fully saturated rings. The van der Waals surface area contributed by atoms with Gasteiger partial charge in [0, 0.05) is 6.42 Å². The third-order valence-electron chi connectivity index (χ3n) is 2.77. The maximum atomic E-state index is 11.6. The van der Waals surface area contributed by atoms with Crippen LogP contribution in [0.2, 0.25) is 0 Å². The van der Waals surface area contributed by atoms with Crippen molar-refractivity contribution in [1.82, 2.24) is 0 Å². The van der Waals surface area contributed by atoms with Crippen LogP contribution in [0.25, 0.3) is 0 Å². The van der Waals surface area contributed by atoms with Crippen LogP contribution in [0.3, 0.4) is 0 Å². The Morgan fingerprint density at radius 3 is 1.82 bits per heavy atom. The fourth-order valence-electron chi connectivity index (χ4n) is 1.10. The maximum Gasteiger partial charge on any atom is 0.485 e. The summed E-state index contributed by atoms with van der Waals surface area (Å²) in [7, 11) is -5.86. The Hall–Kier alpha value is -0.280. The van der Waals surface area contributed by atoms with Crippen LogP contribution in [0, 0.1) is 0 Å². The number of alkyl halides is 3. The minimum Gasteiger partial charge on any atom is -0.741 e. The van der Waals surface area contributed by atoms with Crippen molar-refractivity contribution in [2.75, 3.05) is 12.0 Å². The van der Waals surface area contributed by atoms with E-state index in [-0.39, 0.29) is 10.9 Å². The molecule has 0 spiro atoms. The summed E-state index contributed by atoms with van der Waals surface area (Å²) in [6, 6.07) is 0. The Morgan fingerprint density at radius 1 is 1.14 bits per heavy atom. The number of halogens is 3. The summed E-state index contributed by atoms with van der Waals surface area (Å²) < 4.78 is 59.2. The second-order valence-corrected chi connectivity index (χ2v) is 9.95. The standard InChI is InChI=1S/C12H25OS.CHF3O3S/c1-6-7-8-9-11(13)10-14(5)12(2,3)4;2-1(3,4)8(5,6)7/h6-10H2,1-5H3;(H,5,6,7)/q+1;/p-1. The van der Waals surface area contributed by atoms with Gasteiger partial charge >= 0.3 is 5.51 Å². The van der Waals surface area contributed by atoms with Gasteiger partial charge in [0.2, 0.25) is 0 Å². The molecule has 0 amide bonds. The molecule has 0 aliphatic rings. The van der Waals surface area contributed by atoms with Crippen LogP contribution in [0.5, 0.6) is 0 Å². The molecule has 22 heavy (non-hydrogen) atoms. The first-order valence-electron chi connectivity index (χ1n) is 6.79. The molecule has 4 nitrogen and oxygen atoms in total. The molecule has 0 saturated carbocycles. The summed E-state index contributed by atoms with van der Waals surface area (Å²) in [5, 5.41) is 0. The Balaban J connectivity index is 0. The summed E-state index contributed by atoms with van der Waals surface area (Å²) in [6.45, 7) is 8.82. The van der Waals surface area contributed by atoms with Gasteiger partial charge in [0.1, 0.15) is 4.75 Å². The molecule has 134 valence electrons. The average molecular weight is 366 g/mol. The van der Waals surface area contributed by atoms with Crippen molar-refractivity contribution in [3.8, 4) is 0 Å². The Morgan fingerprint density at radius 2 is 1.55 bits per heavy atom. The number of carbonyl (C=O) groups is 1. The largest absolute Gasteiger partial charge is 0.741 e. The summed E-state index contributed by atoms with van der Waals surface area (Å²) in [6.07, 6.45) is 6.47. The number of ketones is 1. The Labute approximate surface area is 134 Å².